The second kappa shape index (κ2) is 6.86. The van der Waals surface area contributed by atoms with Crippen molar-refractivity contribution in [2.75, 3.05) is 26.2 Å². The van der Waals surface area contributed by atoms with E-state index >= 15 is 0 Å². The van der Waals surface area contributed by atoms with E-state index in [2.05, 4.69) is 0 Å². The van der Waals surface area contributed by atoms with Gasteiger partial charge in [-0.15, -0.1) is 11.3 Å². The van der Waals surface area contributed by atoms with Gasteiger partial charge in [-0.25, -0.2) is 12.8 Å². The van der Waals surface area contributed by atoms with Gasteiger partial charge in [0.2, 0.25) is 10.0 Å². The normalized spacial score (nSPS) is 16.2. The van der Waals surface area contributed by atoms with E-state index in [0.29, 0.717) is 18.0 Å². The van der Waals surface area contributed by atoms with E-state index in [0.717, 1.165) is 22.6 Å². The van der Waals surface area contributed by atoms with Crippen LogP contribution in [0.25, 0.3) is 0 Å². The molecule has 1 saturated heterocycles. The Bertz CT molecular complexity index is 864. The highest BCUT2D eigenvalue weighted by atomic mass is 32.2. The van der Waals surface area contributed by atoms with E-state index in [1.54, 1.807) is 4.90 Å². The lowest BCUT2D eigenvalue weighted by molar-refractivity contribution is 0.0702. The standard InChI is InChI=1S/C17H19FN2O3S2/c1-12-11-16(24-13(12)2)17(21)19-7-9-20(10-8-19)25(22,23)15-5-3-14(18)4-6-15/h3-6,11H,7-10H2,1-2H3. The van der Waals surface area contributed by atoms with Gasteiger partial charge in [-0.05, 0) is 49.7 Å². The summed E-state index contributed by atoms with van der Waals surface area (Å²) in [5.74, 6) is -0.532. The van der Waals surface area contributed by atoms with Crippen LogP contribution in [0.3, 0.4) is 0 Å². The monoisotopic (exact) mass is 382 g/mol. The number of thiophene rings is 1. The minimum atomic E-state index is -3.66. The fourth-order valence-electron chi connectivity index (χ4n) is 2.72. The second-order valence-electron chi connectivity index (χ2n) is 6.00. The molecule has 1 amide bonds. The molecule has 25 heavy (non-hydrogen) atoms. The van der Waals surface area contributed by atoms with Crippen molar-refractivity contribution >= 4 is 27.3 Å². The average molecular weight is 382 g/mol. The molecule has 0 spiro atoms. The highest BCUT2D eigenvalue weighted by Crippen LogP contribution is 2.24. The molecule has 0 N–H and O–H groups in total. The molecule has 1 aromatic heterocycles. The maximum Gasteiger partial charge on any atom is 0.264 e. The number of halogens is 1. The van der Waals surface area contributed by atoms with Crippen molar-refractivity contribution in [3.8, 4) is 0 Å². The molecule has 0 unspecified atom stereocenters. The highest BCUT2D eigenvalue weighted by Gasteiger charge is 2.30. The van der Waals surface area contributed by atoms with Crippen LogP contribution in [0.1, 0.15) is 20.1 Å². The molecule has 1 aliphatic rings. The van der Waals surface area contributed by atoms with Crippen LogP contribution in [-0.4, -0.2) is 49.7 Å². The summed E-state index contributed by atoms with van der Waals surface area (Å²) in [6, 6.07) is 6.67. The van der Waals surface area contributed by atoms with Gasteiger partial charge in [0.15, 0.2) is 0 Å². The summed E-state index contributed by atoms with van der Waals surface area (Å²) in [4.78, 5) is 16.1. The number of hydrogen-bond acceptors (Lipinski definition) is 4. The van der Waals surface area contributed by atoms with Crippen LogP contribution >= 0.6 is 11.3 Å². The largest absolute Gasteiger partial charge is 0.335 e. The fraction of sp³-hybridized carbons (Fsp3) is 0.353. The van der Waals surface area contributed by atoms with Crippen LogP contribution in [0.2, 0.25) is 0 Å². The molecule has 1 aromatic carbocycles. The van der Waals surface area contributed by atoms with E-state index in [4.69, 9.17) is 0 Å². The van der Waals surface area contributed by atoms with Gasteiger partial charge in [0.25, 0.3) is 5.91 Å². The summed E-state index contributed by atoms with van der Waals surface area (Å²) in [6.07, 6.45) is 0. The van der Waals surface area contributed by atoms with Crippen LogP contribution in [0.5, 0.6) is 0 Å². The third-order valence-electron chi connectivity index (χ3n) is 4.35. The van der Waals surface area contributed by atoms with Crippen LogP contribution in [0.15, 0.2) is 35.2 Å². The molecule has 2 heterocycles. The predicted octanol–water partition coefficient (Wildman–Crippen LogP) is 2.65. The molecule has 0 radical (unpaired) electrons. The topological polar surface area (TPSA) is 57.7 Å². The first kappa shape index (κ1) is 18.0. The Morgan fingerprint density at radius 2 is 1.68 bits per heavy atom. The smallest absolute Gasteiger partial charge is 0.264 e. The van der Waals surface area contributed by atoms with Crippen molar-refractivity contribution in [1.29, 1.82) is 0 Å². The molecular formula is C17H19FN2O3S2. The number of rotatable bonds is 3. The third kappa shape index (κ3) is 3.61. The minimum Gasteiger partial charge on any atom is -0.335 e. The number of piperazine rings is 1. The summed E-state index contributed by atoms with van der Waals surface area (Å²) in [6.45, 7) is 5.09. The molecule has 0 saturated carbocycles. The summed E-state index contributed by atoms with van der Waals surface area (Å²) >= 11 is 1.46. The maximum absolute atomic E-state index is 13.0. The Balaban J connectivity index is 1.69. The van der Waals surface area contributed by atoms with Crippen molar-refractivity contribution in [3.05, 3.63) is 51.5 Å². The SMILES string of the molecule is Cc1cc(C(=O)N2CCN(S(=O)(=O)c3ccc(F)cc3)CC2)sc1C. The van der Waals surface area contributed by atoms with E-state index in [1.165, 1.54) is 27.8 Å². The zero-order valence-electron chi connectivity index (χ0n) is 14.0. The summed E-state index contributed by atoms with van der Waals surface area (Å²) < 4.78 is 39.5. The van der Waals surface area contributed by atoms with Crippen LogP contribution in [0.4, 0.5) is 4.39 Å². The molecule has 0 aliphatic carbocycles. The van der Waals surface area contributed by atoms with Gasteiger partial charge in [-0.1, -0.05) is 0 Å². The van der Waals surface area contributed by atoms with E-state index in [9.17, 15) is 17.6 Å². The van der Waals surface area contributed by atoms with Crippen LogP contribution in [0, 0.1) is 19.7 Å². The molecule has 5 nitrogen and oxygen atoms in total. The van der Waals surface area contributed by atoms with E-state index in [-0.39, 0.29) is 23.9 Å². The number of nitrogens with zero attached hydrogens (tertiary/aromatic N) is 2. The number of aryl methyl sites for hydroxylation is 2. The Kier molecular flexibility index (Phi) is 4.95. The summed E-state index contributed by atoms with van der Waals surface area (Å²) in [7, 11) is -3.66. The number of amides is 1. The van der Waals surface area contributed by atoms with Crippen molar-refractivity contribution in [3.63, 3.8) is 0 Å². The predicted molar refractivity (Wildman–Crippen MR) is 94.9 cm³/mol. The van der Waals surface area contributed by atoms with Crippen molar-refractivity contribution < 1.29 is 17.6 Å². The average Bonchev–Trinajstić information content (AvgIpc) is 2.94. The first-order valence-electron chi connectivity index (χ1n) is 7.91. The zero-order chi connectivity index (χ0) is 18.2. The van der Waals surface area contributed by atoms with Crippen LogP contribution in [-0.2, 0) is 10.0 Å². The number of benzene rings is 1. The highest BCUT2D eigenvalue weighted by molar-refractivity contribution is 7.89. The minimum absolute atomic E-state index is 0.0555. The molecule has 0 atom stereocenters. The number of hydrogen-bond donors (Lipinski definition) is 0. The Hall–Kier alpha value is -1.77. The van der Waals surface area contributed by atoms with Crippen molar-refractivity contribution in [2.24, 2.45) is 0 Å². The lowest BCUT2D eigenvalue weighted by atomic mass is 10.2. The van der Waals surface area contributed by atoms with Gasteiger partial charge in [0, 0.05) is 31.1 Å². The first-order valence-corrected chi connectivity index (χ1v) is 10.2. The molecule has 3 rings (SSSR count). The van der Waals surface area contributed by atoms with Crippen LogP contribution < -0.4 is 0 Å². The Labute approximate surface area is 150 Å². The maximum atomic E-state index is 13.0. The molecule has 8 heteroatoms. The van der Waals surface area contributed by atoms with E-state index in [1.807, 2.05) is 19.9 Å². The fourth-order valence-corrected chi connectivity index (χ4v) is 5.15. The Morgan fingerprint density at radius 1 is 1.08 bits per heavy atom. The number of carbonyl (C=O) groups is 1. The van der Waals surface area contributed by atoms with Gasteiger partial charge >= 0.3 is 0 Å². The molecule has 134 valence electrons. The van der Waals surface area contributed by atoms with E-state index < -0.39 is 15.8 Å². The van der Waals surface area contributed by atoms with Crippen molar-refractivity contribution in [2.45, 2.75) is 18.7 Å². The molecule has 2 aromatic rings. The number of sulfonamides is 1. The van der Waals surface area contributed by atoms with Crippen molar-refractivity contribution in [1.82, 2.24) is 9.21 Å². The van der Waals surface area contributed by atoms with Gasteiger partial charge in [0.1, 0.15) is 5.82 Å². The second-order valence-corrected chi connectivity index (χ2v) is 9.19. The Morgan fingerprint density at radius 3 is 2.20 bits per heavy atom. The summed E-state index contributed by atoms with van der Waals surface area (Å²) in [5.41, 5.74) is 1.09. The zero-order valence-corrected chi connectivity index (χ0v) is 15.7. The molecule has 0 bridgehead atoms. The lowest BCUT2D eigenvalue weighted by Gasteiger charge is -2.33. The van der Waals surface area contributed by atoms with Gasteiger partial charge in [-0.3, -0.25) is 4.79 Å². The van der Waals surface area contributed by atoms with Gasteiger partial charge < -0.3 is 4.90 Å². The first-order chi connectivity index (χ1) is 11.8. The third-order valence-corrected chi connectivity index (χ3v) is 7.41. The summed E-state index contributed by atoms with van der Waals surface area (Å²) in [5, 5.41) is 0. The molecule has 1 fully saturated rings. The molecular weight excluding hydrogens is 363 g/mol. The lowest BCUT2D eigenvalue weighted by Crippen LogP contribution is -2.50. The quantitative estimate of drug-likeness (QED) is 0.820. The molecule has 1 aliphatic heterocycles. The van der Waals surface area contributed by atoms with Gasteiger partial charge in [0.05, 0.1) is 9.77 Å². The number of carbonyl (C=O) groups excluding carboxylic acids is 1. The van der Waals surface area contributed by atoms with Gasteiger partial charge in [-0.2, -0.15) is 4.31 Å².